The molecule has 1 aromatic carbocycles. The minimum Gasteiger partial charge on any atom is -0.437 e. The Bertz CT molecular complexity index is 905. The molecule has 0 saturated carbocycles. The molecule has 0 aliphatic rings. The molecule has 0 aliphatic heterocycles. The number of thiazole rings is 1. The second-order valence-corrected chi connectivity index (χ2v) is 6.80. The van der Waals surface area contributed by atoms with Crippen LogP contribution in [0.5, 0.6) is 11.6 Å². The minimum absolute atomic E-state index is 0.149. The van der Waals surface area contributed by atoms with Crippen LogP contribution in [0, 0.1) is 20.8 Å². The van der Waals surface area contributed by atoms with Gasteiger partial charge in [0.05, 0.1) is 17.1 Å². The van der Waals surface area contributed by atoms with E-state index in [0.717, 1.165) is 27.6 Å². The number of hydrogen-bond acceptors (Lipinski definition) is 5. The number of aryl methyl sites for hydroxylation is 2. The van der Waals surface area contributed by atoms with Crippen LogP contribution < -0.4 is 10.1 Å². The Morgan fingerprint density at radius 1 is 1.20 bits per heavy atom. The van der Waals surface area contributed by atoms with E-state index in [1.807, 2.05) is 44.4 Å². The first kappa shape index (κ1) is 17.1. The maximum absolute atomic E-state index is 12.3. The Morgan fingerprint density at radius 2 is 2.04 bits per heavy atom. The smallest absolute Gasteiger partial charge is 0.243 e. The molecule has 2 aromatic heterocycles. The lowest BCUT2D eigenvalue weighted by atomic mass is 10.1. The molecule has 0 unspecified atom stereocenters. The fourth-order valence-corrected chi connectivity index (χ4v) is 2.97. The Hall–Kier alpha value is -2.73. The van der Waals surface area contributed by atoms with Gasteiger partial charge in [0.15, 0.2) is 0 Å². The summed E-state index contributed by atoms with van der Waals surface area (Å²) in [6.45, 7) is 5.94. The van der Waals surface area contributed by atoms with E-state index in [-0.39, 0.29) is 12.3 Å². The summed E-state index contributed by atoms with van der Waals surface area (Å²) in [5, 5.41) is 5.70. The van der Waals surface area contributed by atoms with Gasteiger partial charge in [-0.05, 0) is 50.1 Å². The van der Waals surface area contributed by atoms with E-state index >= 15 is 0 Å². The van der Waals surface area contributed by atoms with Crippen molar-refractivity contribution >= 4 is 22.9 Å². The van der Waals surface area contributed by atoms with Gasteiger partial charge in [-0.15, -0.1) is 11.3 Å². The summed E-state index contributed by atoms with van der Waals surface area (Å²) in [6.07, 6.45) is 1.86. The first-order valence-electron chi connectivity index (χ1n) is 7.93. The molecule has 0 atom stereocenters. The zero-order chi connectivity index (χ0) is 17.8. The van der Waals surface area contributed by atoms with Crippen molar-refractivity contribution in [1.29, 1.82) is 0 Å². The Morgan fingerprint density at radius 3 is 2.80 bits per heavy atom. The minimum atomic E-state index is -0.149. The summed E-state index contributed by atoms with van der Waals surface area (Å²) in [5.74, 6) is 0.951. The standard InChI is InChI=1S/C19H19N3O2S/c1-12-6-4-8-17(13(12)2)24-19-16(7-5-9-20-19)22-18(23)10-15-11-25-14(3)21-15/h4-9,11H,10H2,1-3H3,(H,22,23). The fourth-order valence-electron chi connectivity index (χ4n) is 2.35. The van der Waals surface area contributed by atoms with E-state index in [1.165, 1.54) is 11.3 Å². The molecule has 0 saturated heterocycles. The number of anilines is 1. The molecule has 0 radical (unpaired) electrons. The van der Waals surface area contributed by atoms with Gasteiger partial charge in [-0.3, -0.25) is 4.79 Å². The highest BCUT2D eigenvalue weighted by Gasteiger charge is 2.13. The third kappa shape index (κ3) is 4.22. The molecule has 128 valence electrons. The van der Waals surface area contributed by atoms with Crippen LogP contribution in [-0.2, 0) is 11.2 Å². The lowest BCUT2D eigenvalue weighted by molar-refractivity contribution is -0.115. The zero-order valence-electron chi connectivity index (χ0n) is 14.4. The average Bonchev–Trinajstić information content (AvgIpc) is 2.98. The molecular formula is C19H19N3O2S. The van der Waals surface area contributed by atoms with E-state index in [9.17, 15) is 4.79 Å². The van der Waals surface area contributed by atoms with Gasteiger partial charge < -0.3 is 10.1 Å². The highest BCUT2D eigenvalue weighted by atomic mass is 32.1. The molecule has 5 nitrogen and oxygen atoms in total. The van der Waals surface area contributed by atoms with Crippen LogP contribution in [0.25, 0.3) is 0 Å². The van der Waals surface area contributed by atoms with Crippen molar-refractivity contribution in [3.05, 3.63) is 63.7 Å². The van der Waals surface area contributed by atoms with Gasteiger partial charge in [-0.1, -0.05) is 12.1 Å². The van der Waals surface area contributed by atoms with E-state index in [2.05, 4.69) is 15.3 Å². The number of carbonyl (C=O) groups excluding carboxylic acids is 1. The van der Waals surface area contributed by atoms with E-state index in [4.69, 9.17) is 4.74 Å². The maximum atomic E-state index is 12.3. The van der Waals surface area contributed by atoms with Gasteiger partial charge in [-0.25, -0.2) is 9.97 Å². The van der Waals surface area contributed by atoms with Crippen LogP contribution in [0.15, 0.2) is 41.9 Å². The molecule has 0 fully saturated rings. The zero-order valence-corrected chi connectivity index (χ0v) is 15.2. The number of rotatable bonds is 5. The Balaban J connectivity index is 1.76. The third-order valence-corrected chi connectivity index (χ3v) is 4.64. The number of ether oxygens (including phenoxy) is 1. The lowest BCUT2D eigenvalue weighted by Gasteiger charge is -2.13. The van der Waals surface area contributed by atoms with Crippen molar-refractivity contribution in [1.82, 2.24) is 9.97 Å². The van der Waals surface area contributed by atoms with Crippen LogP contribution >= 0.6 is 11.3 Å². The largest absolute Gasteiger partial charge is 0.437 e. The van der Waals surface area contributed by atoms with Gasteiger partial charge in [-0.2, -0.15) is 0 Å². The summed E-state index contributed by atoms with van der Waals surface area (Å²) in [5.41, 5.74) is 3.49. The first-order valence-corrected chi connectivity index (χ1v) is 8.81. The Kier molecular flexibility index (Phi) is 5.09. The van der Waals surface area contributed by atoms with Crippen LogP contribution in [-0.4, -0.2) is 15.9 Å². The topological polar surface area (TPSA) is 64.1 Å². The molecule has 0 spiro atoms. The van der Waals surface area contributed by atoms with Crippen LogP contribution in [0.2, 0.25) is 0 Å². The third-order valence-electron chi connectivity index (χ3n) is 3.82. The lowest BCUT2D eigenvalue weighted by Crippen LogP contribution is -2.15. The number of amides is 1. The fraction of sp³-hybridized carbons (Fsp3) is 0.211. The number of pyridine rings is 1. The predicted molar refractivity (Wildman–Crippen MR) is 99.4 cm³/mol. The quantitative estimate of drug-likeness (QED) is 0.737. The van der Waals surface area contributed by atoms with Crippen molar-refractivity contribution in [2.45, 2.75) is 27.2 Å². The van der Waals surface area contributed by atoms with Crippen LogP contribution in [0.1, 0.15) is 21.8 Å². The number of nitrogens with zero attached hydrogens (tertiary/aromatic N) is 2. The Labute approximate surface area is 150 Å². The van der Waals surface area contributed by atoms with Gasteiger partial charge in [0.2, 0.25) is 11.8 Å². The summed E-state index contributed by atoms with van der Waals surface area (Å²) >= 11 is 1.53. The monoisotopic (exact) mass is 353 g/mol. The van der Waals surface area contributed by atoms with E-state index < -0.39 is 0 Å². The average molecular weight is 353 g/mol. The van der Waals surface area contributed by atoms with Gasteiger partial charge in [0.1, 0.15) is 11.4 Å². The van der Waals surface area contributed by atoms with Gasteiger partial charge in [0, 0.05) is 11.6 Å². The molecule has 3 rings (SSSR count). The van der Waals surface area contributed by atoms with Gasteiger partial charge in [0.25, 0.3) is 0 Å². The van der Waals surface area contributed by atoms with Crippen molar-refractivity contribution in [3.8, 4) is 11.6 Å². The number of aromatic nitrogens is 2. The van der Waals surface area contributed by atoms with Crippen LogP contribution in [0.3, 0.4) is 0 Å². The molecule has 1 amide bonds. The number of carbonyl (C=O) groups is 1. The molecule has 3 aromatic rings. The van der Waals surface area contributed by atoms with E-state index in [1.54, 1.807) is 18.3 Å². The molecule has 1 N–H and O–H groups in total. The van der Waals surface area contributed by atoms with E-state index in [0.29, 0.717) is 11.6 Å². The molecule has 0 bridgehead atoms. The highest BCUT2D eigenvalue weighted by molar-refractivity contribution is 7.09. The summed E-state index contributed by atoms with van der Waals surface area (Å²) in [6, 6.07) is 9.39. The predicted octanol–water partition coefficient (Wildman–Crippen LogP) is 4.44. The molecule has 2 heterocycles. The maximum Gasteiger partial charge on any atom is 0.243 e. The second kappa shape index (κ2) is 7.44. The van der Waals surface area contributed by atoms with Crippen molar-refractivity contribution in [3.63, 3.8) is 0 Å². The van der Waals surface area contributed by atoms with Crippen molar-refractivity contribution in [2.75, 3.05) is 5.32 Å². The molecule has 25 heavy (non-hydrogen) atoms. The highest BCUT2D eigenvalue weighted by Crippen LogP contribution is 2.30. The number of hydrogen-bond donors (Lipinski definition) is 1. The van der Waals surface area contributed by atoms with Crippen LogP contribution in [0.4, 0.5) is 5.69 Å². The normalized spacial score (nSPS) is 10.5. The first-order chi connectivity index (χ1) is 12.0. The van der Waals surface area contributed by atoms with Crippen molar-refractivity contribution in [2.24, 2.45) is 0 Å². The molecular weight excluding hydrogens is 334 g/mol. The van der Waals surface area contributed by atoms with Gasteiger partial charge >= 0.3 is 0 Å². The molecule has 6 heteroatoms. The SMILES string of the molecule is Cc1nc(CC(=O)Nc2cccnc2Oc2cccc(C)c2C)cs1. The second-order valence-electron chi connectivity index (χ2n) is 5.74. The summed E-state index contributed by atoms with van der Waals surface area (Å²) < 4.78 is 5.94. The summed E-state index contributed by atoms with van der Waals surface area (Å²) in [7, 11) is 0. The summed E-state index contributed by atoms with van der Waals surface area (Å²) in [4.78, 5) is 20.9. The molecule has 0 aliphatic carbocycles. The number of nitrogens with one attached hydrogen (secondary N) is 1. The van der Waals surface area contributed by atoms with Crippen molar-refractivity contribution < 1.29 is 9.53 Å². The number of benzene rings is 1.